The fourth-order valence-electron chi connectivity index (χ4n) is 1.36. The number of hydrogen-bond donors (Lipinski definition) is 0. The minimum absolute atomic E-state index is 0.722. The van der Waals surface area contributed by atoms with Gasteiger partial charge in [0.15, 0.2) is 0 Å². The number of hydrogen-bond acceptors (Lipinski definition) is 1. The summed E-state index contributed by atoms with van der Waals surface area (Å²) < 4.78 is 0.977. The van der Waals surface area contributed by atoms with Crippen LogP contribution in [0.25, 0.3) is 11.1 Å². The molecule has 0 aliphatic carbocycles. The van der Waals surface area contributed by atoms with Crippen molar-refractivity contribution in [3.63, 3.8) is 0 Å². The number of aromatic nitrogens is 1. The van der Waals surface area contributed by atoms with Crippen molar-refractivity contribution in [1.29, 1.82) is 0 Å². The summed E-state index contributed by atoms with van der Waals surface area (Å²) >= 11 is 9.40. The van der Waals surface area contributed by atoms with Gasteiger partial charge in [0, 0.05) is 26.9 Å². The average molecular weight is 283 g/mol. The van der Waals surface area contributed by atoms with Crippen LogP contribution in [0.5, 0.6) is 0 Å². The van der Waals surface area contributed by atoms with Crippen molar-refractivity contribution in [1.82, 2.24) is 4.98 Å². The van der Waals surface area contributed by atoms with Gasteiger partial charge in [0.25, 0.3) is 0 Å². The Morgan fingerprint density at radius 3 is 2.53 bits per heavy atom. The second kappa shape index (κ2) is 4.33. The molecular weight excluding hydrogens is 273 g/mol. The summed E-state index contributed by atoms with van der Waals surface area (Å²) in [7, 11) is 0. The topological polar surface area (TPSA) is 12.9 Å². The van der Waals surface area contributed by atoms with Crippen molar-refractivity contribution in [3.05, 3.63) is 51.7 Å². The van der Waals surface area contributed by atoms with E-state index >= 15 is 0 Å². The highest BCUT2D eigenvalue weighted by Crippen LogP contribution is 2.26. The van der Waals surface area contributed by atoms with Crippen molar-refractivity contribution in [2.24, 2.45) is 0 Å². The van der Waals surface area contributed by atoms with Gasteiger partial charge >= 0.3 is 0 Å². The number of benzene rings is 1. The van der Waals surface area contributed by atoms with Gasteiger partial charge in [-0.3, -0.25) is 4.98 Å². The highest BCUT2D eigenvalue weighted by molar-refractivity contribution is 9.10. The Labute approximate surface area is 102 Å². The van der Waals surface area contributed by atoms with Crippen LogP contribution in [0.4, 0.5) is 0 Å². The molecule has 76 valence electrons. The van der Waals surface area contributed by atoms with Crippen LogP contribution in [-0.4, -0.2) is 4.98 Å². The quantitative estimate of drug-likeness (QED) is 0.752. The second-order valence-electron chi connectivity index (χ2n) is 3.35. The molecule has 0 aliphatic rings. The van der Waals surface area contributed by atoms with E-state index < -0.39 is 0 Å². The Kier molecular flexibility index (Phi) is 3.08. The third-order valence-electron chi connectivity index (χ3n) is 2.11. The first-order chi connectivity index (χ1) is 7.15. The molecule has 0 saturated carbocycles. The van der Waals surface area contributed by atoms with Crippen molar-refractivity contribution in [2.75, 3.05) is 0 Å². The number of pyridine rings is 1. The molecule has 1 aromatic heterocycles. The second-order valence-corrected chi connectivity index (χ2v) is 4.70. The zero-order chi connectivity index (χ0) is 10.8. The van der Waals surface area contributed by atoms with E-state index in [4.69, 9.17) is 11.6 Å². The third-order valence-corrected chi connectivity index (χ3v) is 2.78. The molecule has 0 fully saturated rings. The molecule has 0 N–H and O–H groups in total. The molecule has 2 rings (SSSR count). The first kappa shape index (κ1) is 10.7. The fraction of sp³-hybridized carbons (Fsp3) is 0.0833. The van der Waals surface area contributed by atoms with Crippen LogP contribution in [0.3, 0.4) is 0 Å². The van der Waals surface area contributed by atoms with Gasteiger partial charge in [-0.15, -0.1) is 0 Å². The minimum Gasteiger partial charge on any atom is -0.261 e. The van der Waals surface area contributed by atoms with Gasteiger partial charge in [0.05, 0.1) is 0 Å². The van der Waals surface area contributed by atoms with Gasteiger partial charge in [-0.05, 0) is 36.8 Å². The van der Waals surface area contributed by atoms with E-state index in [-0.39, 0.29) is 0 Å². The number of halogens is 2. The Balaban J connectivity index is 2.49. The molecule has 0 unspecified atom stereocenters. The Morgan fingerprint density at radius 2 is 1.93 bits per heavy atom. The van der Waals surface area contributed by atoms with Crippen LogP contribution in [0, 0.1) is 6.92 Å². The molecule has 0 atom stereocenters. The van der Waals surface area contributed by atoms with Crippen molar-refractivity contribution < 1.29 is 0 Å². The van der Waals surface area contributed by atoms with E-state index in [1.165, 1.54) is 0 Å². The molecule has 0 spiro atoms. The maximum Gasteiger partial charge on any atom is 0.0423 e. The van der Waals surface area contributed by atoms with Gasteiger partial charge < -0.3 is 0 Å². The summed E-state index contributed by atoms with van der Waals surface area (Å²) in [5.41, 5.74) is 3.16. The highest BCUT2D eigenvalue weighted by Gasteiger charge is 2.01. The summed E-state index contributed by atoms with van der Waals surface area (Å²) in [5, 5.41) is 0.722. The van der Waals surface area contributed by atoms with Crippen LogP contribution < -0.4 is 0 Å². The van der Waals surface area contributed by atoms with Crippen LogP contribution in [0.15, 0.2) is 41.0 Å². The van der Waals surface area contributed by atoms with Gasteiger partial charge in [0.1, 0.15) is 0 Å². The van der Waals surface area contributed by atoms with Crippen LogP contribution >= 0.6 is 27.5 Å². The SMILES string of the molecule is Cc1ccc(-c2cc(Cl)cc(Br)c2)cn1. The van der Waals surface area contributed by atoms with E-state index in [0.29, 0.717) is 0 Å². The zero-order valence-corrected chi connectivity index (χ0v) is 10.5. The number of aryl methyl sites for hydroxylation is 1. The molecule has 0 aliphatic heterocycles. The average Bonchev–Trinajstić information content (AvgIpc) is 2.17. The van der Waals surface area contributed by atoms with Crippen LogP contribution in [-0.2, 0) is 0 Å². The zero-order valence-electron chi connectivity index (χ0n) is 8.17. The lowest BCUT2D eigenvalue weighted by molar-refractivity contribution is 1.20. The molecule has 15 heavy (non-hydrogen) atoms. The molecule has 1 nitrogen and oxygen atoms in total. The molecule has 0 saturated heterocycles. The van der Waals surface area contributed by atoms with Gasteiger partial charge in [-0.2, -0.15) is 0 Å². The summed E-state index contributed by atoms with van der Waals surface area (Å²) in [4.78, 5) is 4.26. The molecule has 0 radical (unpaired) electrons. The van der Waals surface area contributed by atoms with E-state index in [0.717, 1.165) is 26.3 Å². The Hall–Kier alpha value is -0.860. The molecule has 2 aromatic rings. The molecule has 1 aromatic carbocycles. The molecule has 0 bridgehead atoms. The highest BCUT2D eigenvalue weighted by atomic mass is 79.9. The summed E-state index contributed by atoms with van der Waals surface area (Å²) in [6.07, 6.45) is 1.85. The largest absolute Gasteiger partial charge is 0.261 e. The summed E-state index contributed by atoms with van der Waals surface area (Å²) in [5.74, 6) is 0. The maximum absolute atomic E-state index is 5.98. The van der Waals surface area contributed by atoms with Crippen molar-refractivity contribution in [2.45, 2.75) is 6.92 Å². The number of rotatable bonds is 1. The number of nitrogens with zero attached hydrogens (tertiary/aromatic N) is 1. The van der Waals surface area contributed by atoms with E-state index in [1.807, 2.05) is 43.5 Å². The van der Waals surface area contributed by atoms with E-state index in [9.17, 15) is 0 Å². The first-order valence-corrected chi connectivity index (χ1v) is 5.71. The minimum atomic E-state index is 0.722. The van der Waals surface area contributed by atoms with Gasteiger partial charge in [-0.25, -0.2) is 0 Å². The molecule has 0 amide bonds. The normalized spacial score (nSPS) is 10.3. The molecular formula is C12H9BrClN. The lowest BCUT2D eigenvalue weighted by Gasteiger charge is -2.03. The van der Waals surface area contributed by atoms with E-state index in [2.05, 4.69) is 20.9 Å². The van der Waals surface area contributed by atoms with Gasteiger partial charge in [-0.1, -0.05) is 33.6 Å². The summed E-state index contributed by atoms with van der Waals surface area (Å²) in [6.45, 7) is 1.97. The Morgan fingerprint density at radius 1 is 1.13 bits per heavy atom. The smallest absolute Gasteiger partial charge is 0.0423 e. The Bertz CT molecular complexity index is 459. The monoisotopic (exact) mass is 281 g/mol. The molecule has 1 heterocycles. The predicted molar refractivity (Wildman–Crippen MR) is 67.1 cm³/mol. The van der Waals surface area contributed by atoms with Crippen LogP contribution in [0.2, 0.25) is 5.02 Å². The molecule has 3 heteroatoms. The van der Waals surface area contributed by atoms with Crippen LogP contribution in [0.1, 0.15) is 5.69 Å². The van der Waals surface area contributed by atoms with Crippen molar-refractivity contribution in [3.8, 4) is 11.1 Å². The maximum atomic E-state index is 5.98. The lowest BCUT2D eigenvalue weighted by atomic mass is 10.1. The van der Waals surface area contributed by atoms with E-state index in [1.54, 1.807) is 0 Å². The standard InChI is InChI=1S/C12H9BrClN/c1-8-2-3-9(7-15-8)10-4-11(13)6-12(14)5-10/h2-7H,1H3. The van der Waals surface area contributed by atoms with Gasteiger partial charge in [0.2, 0.25) is 0 Å². The third kappa shape index (κ3) is 2.58. The fourth-order valence-corrected chi connectivity index (χ4v) is 2.22. The summed E-state index contributed by atoms with van der Waals surface area (Å²) in [6, 6.07) is 9.86. The van der Waals surface area contributed by atoms with Crippen molar-refractivity contribution >= 4 is 27.5 Å². The predicted octanol–water partition coefficient (Wildman–Crippen LogP) is 4.47. The first-order valence-electron chi connectivity index (χ1n) is 4.54. The lowest BCUT2D eigenvalue weighted by Crippen LogP contribution is -1.83.